The second-order valence-electron chi connectivity index (χ2n) is 10.5. The predicted molar refractivity (Wildman–Crippen MR) is 136 cm³/mol. The zero-order valence-electron chi connectivity index (χ0n) is 21.2. The Bertz CT molecular complexity index is 1310. The second-order valence-corrected chi connectivity index (χ2v) is 12.5. The number of fused-ring (bicyclic) bond motifs is 1. The number of rotatable bonds is 6. The molecule has 0 N–H and O–H groups in total. The molecule has 0 aliphatic carbocycles. The lowest BCUT2D eigenvalue weighted by molar-refractivity contribution is -0.128. The van der Waals surface area contributed by atoms with Crippen molar-refractivity contribution in [1.29, 1.82) is 0 Å². The first-order chi connectivity index (χ1) is 16.5. The molecule has 35 heavy (non-hydrogen) atoms. The van der Waals surface area contributed by atoms with Crippen LogP contribution in [0.25, 0.3) is 11.0 Å². The zero-order chi connectivity index (χ0) is 25.4. The maximum absolute atomic E-state index is 13.4. The lowest BCUT2D eigenvalue weighted by Crippen LogP contribution is -2.25. The number of hydrogen-bond donors (Lipinski definition) is 0. The minimum Gasteiger partial charge on any atom is -0.381 e. The van der Waals surface area contributed by atoms with E-state index < -0.39 is 9.84 Å². The summed E-state index contributed by atoms with van der Waals surface area (Å²) in [6.07, 6.45) is 2.04. The first-order valence-corrected chi connectivity index (χ1v) is 13.6. The van der Waals surface area contributed by atoms with Crippen LogP contribution in [-0.4, -0.2) is 49.0 Å². The number of hydrogen-bond acceptors (Lipinski definition) is 5. The minimum atomic E-state index is -3.70. The maximum Gasteiger partial charge on any atom is 0.219 e. The third-order valence-corrected chi connectivity index (χ3v) is 8.44. The van der Waals surface area contributed by atoms with E-state index in [0.717, 1.165) is 49.5 Å². The quantitative estimate of drug-likeness (QED) is 0.498. The lowest BCUT2D eigenvalue weighted by Gasteiger charge is -2.26. The third kappa shape index (κ3) is 5.43. The maximum atomic E-state index is 13.4. The van der Waals surface area contributed by atoms with Crippen molar-refractivity contribution >= 4 is 26.8 Å². The minimum absolute atomic E-state index is 0.0408. The van der Waals surface area contributed by atoms with Gasteiger partial charge in [0.15, 0.2) is 0 Å². The van der Waals surface area contributed by atoms with Crippen LogP contribution in [0.2, 0.25) is 0 Å². The van der Waals surface area contributed by atoms with Gasteiger partial charge in [-0.25, -0.2) is 13.4 Å². The smallest absolute Gasteiger partial charge is 0.219 e. The van der Waals surface area contributed by atoms with Gasteiger partial charge in [-0.15, -0.1) is 0 Å². The molecule has 3 aromatic rings. The van der Waals surface area contributed by atoms with Crippen LogP contribution in [0.1, 0.15) is 51.9 Å². The Labute approximate surface area is 208 Å². The number of ether oxygens (including phenoxy) is 1. The van der Waals surface area contributed by atoms with Crippen molar-refractivity contribution in [2.24, 2.45) is 5.92 Å². The molecular weight excluding hydrogens is 462 g/mol. The molecule has 1 saturated heterocycles. The summed E-state index contributed by atoms with van der Waals surface area (Å²) in [5.74, 6) is 1.44. The number of amides is 1. The molecular formula is C27H35N3O4S. The first kappa shape index (κ1) is 25.4. The van der Waals surface area contributed by atoms with Crippen LogP contribution in [0.4, 0.5) is 0 Å². The average Bonchev–Trinajstić information content (AvgIpc) is 3.18. The largest absolute Gasteiger partial charge is 0.381 e. The van der Waals surface area contributed by atoms with Gasteiger partial charge < -0.3 is 14.2 Å². The highest BCUT2D eigenvalue weighted by molar-refractivity contribution is 7.91. The molecule has 0 atom stereocenters. The number of carbonyl (C=O) groups excluding carboxylic acids is 1. The summed E-state index contributed by atoms with van der Waals surface area (Å²) >= 11 is 0. The van der Waals surface area contributed by atoms with Gasteiger partial charge in [0.2, 0.25) is 15.7 Å². The number of carbonyl (C=O) groups is 1. The van der Waals surface area contributed by atoms with Gasteiger partial charge in [-0.1, -0.05) is 32.9 Å². The van der Waals surface area contributed by atoms with Crippen molar-refractivity contribution in [2.75, 3.05) is 20.3 Å². The number of aromatic nitrogens is 2. The van der Waals surface area contributed by atoms with Crippen molar-refractivity contribution < 1.29 is 17.9 Å². The van der Waals surface area contributed by atoms with Crippen LogP contribution >= 0.6 is 0 Å². The Morgan fingerprint density at radius 3 is 2.31 bits per heavy atom. The van der Waals surface area contributed by atoms with Gasteiger partial charge in [-0.3, -0.25) is 4.79 Å². The first-order valence-electron chi connectivity index (χ1n) is 12.1. The topological polar surface area (TPSA) is 81.5 Å². The fourth-order valence-electron chi connectivity index (χ4n) is 4.52. The van der Waals surface area contributed by atoms with E-state index in [2.05, 4.69) is 25.3 Å². The highest BCUT2D eigenvalue weighted by Gasteiger charge is 2.27. The van der Waals surface area contributed by atoms with E-state index in [0.29, 0.717) is 18.0 Å². The molecule has 2 aromatic carbocycles. The fourth-order valence-corrected chi connectivity index (χ4v) is 5.80. The number of sulfone groups is 1. The molecule has 0 unspecified atom stereocenters. The summed E-state index contributed by atoms with van der Waals surface area (Å²) in [6, 6.07) is 12.0. The van der Waals surface area contributed by atoms with Crippen molar-refractivity contribution in [3.8, 4) is 0 Å². The predicted octanol–water partition coefficient (Wildman–Crippen LogP) is 4.57. The number of imidazole rings is 1. The van der Waals surface area contributed by atoms with E-state index in [9.17, 15) is 13.2 Å². The third-order valence-electron chi connectivity index (χ3n) is 6.67. The monoisotopic (exact) mass is 497 g/mol. The Kier molecular flexibility index (Phi) is 7.06. The molecule has 1 aliphatic heterocycles. The van der Waals surface area contributed by atoms with E-state index in [4.69, 9.17) is 9.72 Å². The molecule has 0 spiro atoms. The van der Waals surface area contributed by atoms with Crippen LogP contribution in [0, 0.1) is 5.92 Å². The van der Waals surface area contributed by atoms with Gasteiger partial charge in [-0.2, -0.15) is 0 Å². The molecule has 1 fully saturated rings. The Morgan fingerprint density at radius 2 is 1.71 bits per heavy atom. The standard InChI is InChI=1S/C27H35N3O4S/c1-19(31)29(5)17-20-6-8-22(9-7-20)35(32,33)23-10-11-25-24(16-23)28-26(27(2,3)4)30(25)18-21-12-14-34-15-13-21/h6-11,16,21H,12-15,17-18H2,1-5H3. The summed E-state index contributed by atoms with van der Waals surface area (Å²) in [5.41, 5.74) is 2.36. The van der Waals surface area contributed by atoms with Crippen molar-refractivity contribution in [3.05, 3.63) is 53.9 Å². The molecule has 188 valence electrons. The average molecular weight is 498 g/mol. The highest BCUT2D eigenvalue weighted by atomic mass is 32.2. The van der Waals surface area contributed by atoms with Gasteiger partial charge in [0.25, 0.3) is 0 Å². The van der Waals surface area contributed by atoms with Gasteiger partial charge >= 0.3 is 0 Å². The van der Waals surface area contributed by atoms with Crippen LogP contribution in [0.3, 0.4) is 0 Å². The lowest BCUT2D eigenvalue weighted by atomic mass is 9.94. The van der Waals surface area contributed by atoms with E-state index >= 15 is 0 Å². The zero-order valence-corrected chi connectivity index (χ0v) is 22.1. The van der Waals surface area contributed by atoms with E-state index in [-0.39, 0.29) is 21.1 Å². The fraction of sp³-hybridized carbons (Fsp3) is 0.481. The van der Waals surface area contributed by atoms with Gasteiger partial charge in [-0.05, 0) is 54.7 Å². The SMILES string of the molecule is CC(=O)N(C)Cc1ccc(S(=O)(=O)c2ccc3c(c2)nc(C(C)(C)C)n3CC2CCOCC2)cc1. The van der Waals surface area contributed by atoms with Crippen molar-refractivity contribution in [3.63, 3.8) is 0 Å². The molecule has 1 aromatic heterocycles. The molecule has 0 radical (unpaired) electrons. The van der Waals surface area contributed by atoms with Crippen LogP contribution in [-0.2, 0) is 37.9 Å². The van der Waals surface area contributed by atoms with E-state index in [1.54, 1.807) is 48.3 Å². The van der Waals surface area contributed by atoms with E-state index in [1.165, 1.54) is 6.92 Å². The molecule has 0 bridgehead atoms. The Hall–Kier alpha value is -2.71. The molecule has 8 heteroatoms. The number of benzene rings is 2. The van der Waals surface area contributed by atoms with Crippen LogP contribution < -0.4 is 0 Å². The molecule has 1 amide bonds. The molecule has 0 saturated carbocycles. The second kappa shape index (κ2) is 9.74. The summed E-state index contributed by atoms with van der Waals surface area (Å²) in [5, 5.41) is 0. The summed E-state index contributed by atoms with van der Waals surface area (Å²) < 4.78 is 34.6. The molecule has 1 aliphatic rings. The molecule has 4 rings (SSSR count). The summed E-state index contributed by atoms with van der Waals surface area (Å²) in [7, 11) is -1.99. The van der Waals surface area contributed by atoms with Crippen molar-refractivity contribution in [1.82, 2.24) is 14.5 Å². The van der Waals surface area contributed by atoms with Crippen LogP contribution in [0.5, 0.6) is 0 Å². The van der Waals surface area contributed by atoms with Gasteiger partial charge in [0.05, 0.1) is 20.8 Å². The van der Waals surface area contributed by atoms with Crippen molar-refractivity contribution in [2.45, 2.75) is 68.8 Å². The number of nitrogens with zero attached hydrogens (tertiary/aromatic N) is 3. The normalized spacial score (nSPS) is 15.5. The molecule has 7 nitrogen and oxygen atoms in total. The van der Waals surface area contributed by atoms with E-state index in [1.807, 2.05) is 6.07 Å². The molecule has 2 heterocycles. The summed E-state index contributed by atoms with van der Waals surface area (Å²) in [6.45, 7) is 10.8. The summed E-state index contributed by atoms with van der Waals surface area (Å²) in [4.78, 5) is 18.4. The Balaban J connectivity index is 1.67. The van der Waals surface area contributed by atoms with Crippen LogP contribution in [0.15, 0.2) is 52.3 Å². The van der Waals surface area contributed by atoms with Gasteiger partial charge in [0, 0.05) is 45.7 Å². The highest BCUT2D eigenvalue weighted by Crippen LogP contribution is 2.31. The van der Waals surface area contributed by atoms with Gasteiger partial charge in [0.1, 0.15) is 5.82 Å². The Morgan fingerprint density at radius 1 is 1.09 bits per heavy atom.